The molecule has 2 aromatic carbocycles. The van der Waals surface area contributed by atoms with Gasteiger partial charge in [0.1, 0.15) is 17.3 Å². The lowest BCUT2D eigenvalue weighted by Crippen LogP contribution is -2.04. The van der Waals surface area contributed by atoms with E-state index < -0.39 is 0 Å². The Morgan fingerprint density at radius 2 is 1.82 bits per heavy atom. The highest BCUT2D eigenvalue weighted by atomic mass is 19.1. The van der Waals surface area contributed by atoms with Crippen molar-refractivity contribution in [2.24, 2.45) is 5.73 Å². The second-order valence-corrected chi connectivity index (χ2v) is 3.71. The van der Waals surface area contributed by atoms with Crippen LogP contribution in [0, 0.1) is 5.82 Å². The summed E-state index contributed by atoms with van der Waals surface area (Å²) < 4.78 is 18.8. The van der Waals surface area contributed by atoms with Gasteiger partial charge in [-0.2, -0.15) is 0 Å². The zero-order valence-electron chi connectivity index (χ0n) is 9.40. The molecule has 0 saturated carbocycles. The third-order valence-corrected chi connectivity index (χ3v) is 2.41. The molecule has 0 aliphatic carbocycles. The number of rotatable bonds is 4. The third-order valence-electron chi connectivity index (χ3n) is 2.41. The average molecular weight is 231 g/mol. The van der Waals surface area contributed by atoms with E-state index in [-0.39, 0.29) is 5.82 Å². The van der Waals surface area contributed by atoms with Crippen molar-refractivity contribution in [3.05, 3.63) is 59.9 Å². The van der Waals surface area contributed by atoms with Crippen LogP contribution in [0.3, 0.4) is 0 Å². The number of halogens is 1. The number of nitrogens with two attached hydrogens (primary N) is 1. The van der Waals surface area contributed by atoms with Crippen LogP contribution in [-0.4, -0.2) is 6.54 Å². The highest BCUT2D eigenvalue weighted by molar-refractivity contribution is 5.38. The van der Waals surface area contributed by atoms with Crippen LogP contribution in [-0.2, 0) is 6.42 Å². The summed E-state index contributed by atoms with van der Waals surface area (Å²) in [5.74, 6) is 1.12. The summed E-state index contributed by atoms with van der Waals surface area (Å²) >= 11 is 0. The fraction of sp³-hybridized carbons (Fsp3) is 0.143. The van der Waals surface area contributed by atoms with Crippen molar-refractivity contribution in [2.75, 3.05) is 6.54 Å². The SMILES string of the molecule is NCCc1cc(F)ccc1Oc1ccccc1. The molecule has 2 aromatic rings. The normalized spacial score (nSPS) is 10.2. The molecule has 88 valence electrons. The molecule has 0 unspecified atom stereocenters. The summed E-state index contributed by atoms with van der Waals surface area (Å²) in [5, 5.41) is 0. The van der Waals surface area contributed by atoms with Gasteiger partial charge >= 0.3 is 0 Å². The van der Waals surface area contributed by atoms with Crippen LogP contribution >= 0.6 is 0 Å². The van der Waals surface area contributed by atoms with Crippen LogP contribution in [0.15, 0.2) is 48.5 Å². The largest absolute Gasteiger partial charge is 0.457 e. The highest BCUT2D eigenvalue weighted by Crippen LogP contribution is 2.26. The summed E-state index contributed by atoms with van der Waals surface area (Å²) in [7, 11) is 0. The molecule has 0 heterocycles. The Labute approximate surface area is 99.8 Å². The number of ether oxygens (including phenoxy) is 1. The molecule has 0 aromatic heterocycles. The van der Waals surface area contributed by atoms with Gasteiger partial charge in [0.15, 0.2) is 0 Å². The Kier molecular flexibility index (Phi) is 3.73. The summed E-state index contributed by atoms with van der Waals surface area (Å²) in [5.41, 5.74) is 6.28. The van der Waals surface area contributed by atoms with Gasteiger partial charge in [0.25, 0.3) is 0 Å². The van der Waals surface area contributed by atoms with Gasteiger partial charge in [0.05, 0.1) is 0 Å². The van der Waals surface area contributed by atoms with Gasteiger partial charge in [-0.3, -0.25) is 0 Å². The molecular weight excluding hydrogens is 217 g/mol. The maximum Gasteiger partial charge on any atom is 0.130 e. The van der Waals surface area contributed by atoms with Crippen molar-refractivity contribution in [1.29, 1.82) is 0 Å². The first-order chi connectivity index (χ1) is 8.29. The molecule has 0 radical (unpaired) electrons. The van der Waals surface area contributed by atoms with E-state index in [9.17, 15) is 4.39 Å². The van der Waals surface area contributed by atoms with Gasteiger partial charge in [0, 0.05) is 0 Å². The first-order valence-corrected chi connectivity index (χ1v) is 5.51. The maximum absolute atomic E-state index is 13.1. The Balaban J connectivity index is 2.26. The first-order valence-electron chi connectivity index (χ1n) is 5.51. The average Bonchev–Trinajstić information content (AvgIpc) is 2.34. The number of hydrogen-bond donors (Lipinski definition) is 1. The van der Waals surface area contributed by atoms with Gasteiger partial charge in [-0.15, -0.1) is 0 Å². The lowest BCUT2D eigenvalue weighted by atomic mass is 10.1. The molecule has 0 amide bonds. The third kappa shape index (κ3) is 3.04. The molecule has 17 heavy (non-hydrogen) atoms. The van der Waals surface area contributed by atoms with Crippen LogP contribution in [0.1, 0.15) is 5.56 Å². The van der Waals surface area contributed by atoms with Crippen LogP contribution in [0.5, 0.6) is 11.5 Å². The molecule has 0 spiro atoms. The van der Waals surface area contributed by atoms with E-state index in [1.165, 1.54) is 12.1 Å². The Morgan fingerprint density at radius 3 is 2.53 bits per heavy atom. The lowest BCUT2D eigenvalue weighted by molar-refractivity contribution is 0.473. The second kappa shape index (κ2) is 5.46. The zero-order chi connectivity index (χ0) is 12.1. The van der Waals surface area contributed by atoms with Crippen molar-refractivity contribution in [2.45, 2.75) is 6.42 Å². The molecule has 2 rings (SSSR count). The van der Waals surface area contributed by atoms with E-state index >= 15 is 0 Å². The van der Waals surface area contributed by atoms with E-state index in [0.717, 1.165) is 11.3 Å². The smallest absolute Gasteiger partial charge is 0.130 e. The fourth-order valence-corrected chi connectivity index (χ4v) is 1.61. The van der Waals surface area contributed by atoms with Crippen LogP contribution in [0.4, 0.5) is 4.39 Å². The standard InChI is InChI=1S/C14H14FNO/c15-12-6-7-14(11(10-12)8-9-16)17-13-4-2-1-3-5-13/h1-7,10H,8-9,16H2. The van der Waals surface area contributed by atoms with Crippen LogP contribution < -0.4 is 10.5 Å². The monoisotopic (exact) mass is 231 g/mol. The summed E-state index contributed by atoms with van der Waals surface area (Å²) in [6.45, 7) is 0.467. The summed E-state index contributed by atoms with van der Waals surface area (Å²) in [6, 6.07) is 13.9. The maximum atomic E-state index is 13.1. The zero-order valence-corrected chi connectivity index (χ0v) is 9.40. The molecular formula is C14H14FNO. The second-order valence-electron chi connectivity index (χ2n) is 3.71. The van der Waals surface area contributed by atoms with Gasteiger partial charge in [-0.25, -0.2) is 4.39 Å². The molecule has 0 atom stereocenters. The number of hydrogen-bond acceptors (Lipinski definition) is 2. The van der Waals surface area contributed by atoms with E-state index in [1.807, 2.05) is 30.3 Å². The quantitative estimate of drug-likeness (QED) is 0.877. The molecule has 0 fully saturated rings. The predicted octanol–water partition coefficient (Wildman–Crippen LogP) is 3.12. The van der Waals surface area contributed by atoms with Crippen molar-refractivity contribution in [3.8, 4) is 11.5 Å². The molecule has 0 saturated heterocycles. The first kappa shape index (κ1) is 11.6. The van der Waals surface area contributed by atoms with Crippen molar-refractivity contribution in [3.63, 3.8) is 0 Å². The minimum atomic E-state index is -0.270. The van der Waals surface area contributed by atoms with Gasteiger partial charge in [-0.1, -0.05) is 18.2 Å². The molecule has 2 N–H and O–H groups in total. The molecule has 0 aliphatic rings. The minimum Gasteiger partial charge on any atom is -0.457 e. The fourth-order valence-electron chi connectivity index (χ4n) is 1.61. The van der Waals surface area contributed by atoms with Crippen molar-refractivity contribution >= 4 is 0 Å². The van der Waals surface area contributed by atoms with E-state index in [2.05, 4.69) is 0 Å². The van der Waals surface area contributed by atoms with Gasteiger partial charge in [0.2, 0.25) is 0 Å². The van der Waals surface area contributed by atoms with E-state index in [4.69, 9.17) is 10.5 Å². The molecule has 3 heteroatoms. The molecule has 0 bridgehead atoms. The lowest BCUT2D eigenvalue weighted by Gasteiger charge is -2.10. The summed E-state index contributed by atoms with van der Waals surface area (Å²) in [6.07, 6.45) is 0.597. The summed E-state index contributed by atoms with van der Waals surface area (Å²) in [4.78, 5) is 0. The van der Waals surface area contributed by atoms with Gasteiger partial charge < -0.3 is 10.5 Å². The number of para-hydroxylation sites is 1. The Bertz CT molecular complexity index is 485. The Hall–Kier alpha value is -1.87. The van der Waals surface area contributed by atoms with Crippen molar-refractivity contribution < 1.29 is 9.13 Å². The predicted molar refractivity (Wildman–Crippen MR) is 65.7 cm³/mol. The Morgan fingerprint density at radius 1 is 1.06 bits per heavy atom. The van der Waals surface area contributed by atoms with E-state index in [1.54, 1.807) is 6.07 Å². The van der Waals surface area contributed by atoms with Crippen molar-refractivity contribution in [1.82, 2.24) is 0 Å². The molecule has 2 nitrogen and oxygen atoms in total. The van der Waals surface area contributed by atoms with Gasteiger partial charge in [-0.05, 0) is 48.9 Å². The molecule has 0 aliphatic heterocycles. The number of benzene rings is 2. The topological polar surface area (TPSA) is 35.2 Å². The van der Waals surface area contributed by atoms with Crippen LogP contribution in [0.2, 0.25) is 0 Å². The minimum absolute atomic E-state index is 0.270. The van der Waals surface area contributed by atoms with Crippen LogP contribution in [0.25, 0.3) is 0 Å². The van der Waals surface area contributed by atoms with E-state index in [0.29, 0.717) is 18.7 Å². The highest BCUT2D eigenvalue weighted by Gasteiger charge is 2.05.